The quantitative estimate of drug-likeness (QED) is 0.871. The van der Waals surface area contributed by atoms with E-state index in [2.05, 4.69) is 10.3 Å². The highest BCUT2D eigenvalue weighted by molar-refractivity contribution is 6.31. The molecule has 2 N–H and O–H groups in total. The molecular formula is C18H17ClN2O3. The number of benzene rings is 1. The normalized spacial score (nSPS) is 18.4. The Morgan fingerprint density at radius 3 is 2.58 bits per heavy atom. The second-order valence-electron chi connectivity index (χ2n) is 6.66. The van der Waals surface area contributed by atoms with Gasteiger partial charge in [0.25, 0.3) is 5.91 Å². The van der Waals surface area contributed by atoms with Crippen LogP contribution in [-0.2, 0) is 4.79 Å². The molecule has 1 unspecified atom stereocenters. The first-order chi connectivity index (χ1) is 11.5. The Labute approximate surface area is 144 Å². The summed E-state index contributed by atoms with van der Waals surface area (Å²) in [6.45, 7) is 0. The summed E-state index contributed by atoms with van der Waals surface area (Å²) in [6, 6.07) is 6.22. The number of aliphatic carboxylic acids is 1. The Kier molecular flexibility index (Phi) is 3.68. The molecule has 2 aliphatic carbocycles. The van der Waals surface area contributed by atoms with Gasteiger partial charge in [-0.25, -0.2) is 4.79 Å². The Balaban J connectivity index is 1.74. The van der Waals surface area contributed by atoms with E-state index < -0.39 is 12.0 Å². The van der Waals surface area contributed by atoms with Crippen molar-refractivity contribution in [1.82, 2.24) is 10.3 Å². The predicted molar refractivity (Wildman–Crippen MR) is 90.3 cm³/mol. The van der Waals surface area contributed by atoms with E-state index in [1.165, 1.54) is 0 Å². The SMILES string of the molecule is O=C(NC(C(=O)O)C1CC1)c1cc(C2CC2)nc2ccc(Cl)cc12. The molecule has 24 heavy (non-hydrogen) atoms. The van der Waals surface area contributed by atoms with Crippen molar-refractivity contribution in [2.24, 2.45) is 5.92 Å². The van der Waals surface area contributed by atoms with Crippen LogP contribution in [0.15, 0.2) is 24.3 Å². The largest absolute Gasteiger partial charge is 0.480 e. The molecule has 6 heteroatoms. The molecule has 1 aromatic heterocycles. The van der Waals surface area contributed by atoms with E-state index in [1.807, 2.05) is 0 Å². The minimum atomic E-state index is -0.982. The number of rotatable bonds is 5. The van der Waals surface area contributed by atoms with Gasteiger partial charge >= 0.3 is 5.97 Å². The molecule has 2 aliphatic rings. The molecule has 5 nitrogen and oxygen atoms in total. The van der Waals surface area contributed by atoms with E-state index in [0.717, 1.165) is 31.4 Å². The molecule has 2 saturated carbocycles. The number of halogens is 1. The zero-order valence-electron chi connectivity index (χ0n) is 13.0. The maximum Gasteiger partial charge on any atom is 0.326 e. The number of carboxylic acid groups (broad SMARTS) is 1. The fraction of sp³-hybridized carbons (Fsp3) is 0.389. The lowest BCUT2D eigenvalue weighted by Crippen LogP contribution is -2.42. The molecule has 1 heterocycles. The van der Waals surface area contributed by atoms with Crippen LogP contribution in [0.25, 0.3) is 10.9 Å². The third-order valence-electron chi connectivity index (χ3n) is 4.68. The van der Waals surface area contributed by atoms with Crippen molar-refractivity contribution in [2.45, 2.75) is 37.6 Å². The maximum atomic E-state index is 12.8. The third-order valence-corrected chi connectivity index (χ3v) is 4.91. The van der Waals surface area contributed by atoms with Crippen molar-refractivity contribution in [3.63, 3.8) is 0 Å². The van der Waals surface area contributed by atoms with E-state index in [1.54, 1.807) is 24.3 Å². The smallest absolute Gasteiger partial charge is 0.326 e. The summed E-state index contributed by atoms with van der Waals surface area (Å²) in [5.41, 5.74) is 2.07. The van der Waals surface area contributed by atoms with Crippen molar-refractivity contribution in [3.05, 3.63) is 40.5 Å². The zero-order valence-corrected chi connectivity index (χ0v) is 13.7. The molecule has 4 rings (SSSR count). The number of hydrogen-bond donors (Lipinski definition) is 2. The Morgan fingerprint density at radius 1 is 1.21 bits per heavy atom. The number of nitrogens with one attached hydrogen (secondary N) is 1. The number of nitrogens with zero attached hydrogens (tertiary/aromatic N) is 1. The van der Waals surface area contributed by atoms with Crippen LogP contribution in [0.3, 0.4) is 0 Å². The second kappa shape index (κ2) is 5.74. The van der Waals surface area contributed by atoms with E-state index in [4.69, 9.17) is 11.6 Å². The number of fused-ring (bicyclic) bond motifs is 1. The summed E-state index contributed by atoms with van der Waals surface area (Å²) < 4.78 is 0. The van der Waals surface area contributed by atoms with Crippen LogP contribution < -0.4 is 5.32 Å². The van der Waals surface area contributed by atoms with Crippen LogP contribution in [0.4, 0.5) is 0 Å². The molecular weight excluding hydrogens is 328 g/mol. The highest BCUT2D eigenvalue weighted by Gasteiger charge is 2.37. The van der Waals surface area contributed by atoms with Crippen LogP contribution >= 0.6 is 11.6 Å². The molecule has 0 saturated heterocycles. The minimum Gasteiger partial charge on any atom is -0.480 e. The number of hydrogen-bond acceptors (Lipinski definition) is 3. The molecule has 2 aromatic rings. The van der Waals surface area contributed by atoms with Crippen LogP contribution in [0, 0.1) is 5.92 Å². The minimum absolute atomic E-state index is 0.0334. The Morgan fingerprint density at radius 2 is 1.96 bits per heavy atom. The van der Waals surface area contributed by atoms with E-state index >= 15 is 0 Å². The number of aromatic nitrogens is 1. The number of pyridine rings is 1. The average Bonchev–Trinajstić information content (AvgIpc) is 3.43. The van der Waals surface area contributed by atoms with Gasteiger partial charge in [0.05, 0.1) is 11.1 Å². The maximum absolute atomic E-state index is 12.8. The van der Waals surface area contributed by atoms with Crippen molar-refractivity contribution in [3.8, 4) is 0 Å². The van der Waals surface area contributed by atoms with Gasteiger partial charge in [-0.3, -0.25) is 9.78 Å². The fourth-order valence-corrected chi connectivity index (χ4v) is 3.20. The molecule has 1 atom stereocenters. The van der Waals surface area contributed by atoms with Crippen molar-refractivity contribution in [2.75, 3.05) is 0 Å². The fourth-order valence-electron chi connectivity index (χ4n) is 3.02. The van der Waals surface area contributed by atoms with Crippen LogP contribution in [0.5, 0.6) is 0 Å². The Bertz CT molecular complexity index is 844. The third kappa shape index (κ3) is 2.96. The van der Waals surface area contributed by atoms with Gasteiger partial charge in [-0.1, -0.05) is 11.6 Å². The summed E-state index contributed by atoms with van der Waals surface area (Å²) in [6.07, 6.45) is 3.83. The van der Waals surface area contributed by atoms with Crippen LogP contribution in [0.2, 0.25) is 5.02 Å². The lowest BCUT2D eigenvalue weighted by atomic mass is 10.0. The highest BCUT2D eigenvalue weighted by Crippen LogP contribution is 2.40. The van der Waals surface area contributed by atoms with Gasteiger partial charge in [0, 0.05) is 22.0 Å². The predicted octanol–water partition coefficient (Wildman–Crippen LogP) is 3.36. The number of amides is 1. The van der Waals surface area contributed by atoms with E-state index in [9.17, 15) is 14.7 Å². The number of carbonyl (C=O) groups is 2. The van der Waals surface area contributed by atoms with Gasteiger partial charge < -0.3 is 10.4 Å². The molecule has 124 valence electrons. The average molecular weight is 345 g/mol. The number of carbonyl (C=O) groups excluding carboxylic acids is 1. The molecule has 1 aromatic carbocycles. The first-order valence-electron chi connectivity index (χ1n) is 8.17. The van der Waals surface area contributed by atoms with Crippen molar-refractivity contribution < 1.29 is 14.7 Å². The second-order valence-corrected chi connectivity index (χ2v) is 7.09. The number of carboxylic acids is 1. The van der Waals surface area contributed by atoms with Crippen molar-refractivity contribution in [1.29, 1.82) is 0 Å². The Hall–Kier alpha value is -2.14. The first-order valence-corrected chi connectivity index (χ1v) is 8.54. The monoisotopic (exact) mass is 344 g/mol. The topological polar surface area (TPSA) is 79.3 Å². The van der Waals surface area contributed by atoms with E-state index in [-0.39, 0.29) is 11.8 Å². The van der Waals surface area contributed by atoms with Gasteiger partial charge in [-0.2, -0.15) is 0 Å². The molecule has 0 aliphatic heterocycles. The standard InChI is InChI=1S/C18H17ClN2O3/c19-11-5-6-14-12(7-11)13(8-15(20-14)9-1-2-9)17(22)21-16(18(23)24)10-3-4-10/h5-10,16H,1-4H2,(H,21,22)(H,23,24). The van der Waals surface area contributed by atoms with Gasteiger partial charge in [0.15, 0.2) is 0 Å². The van der Waals surface area contributed by atoms with Crippen LogP contribution in [0.1, 0.15) is 47.7 Å². The molecule has 0 spiro atoms. The first kappa shape index (κ1) is 15.4. The summed E-state index contributed by atoms with van der Waals surface area (Å²) >= 11 is 6.07. The van der Waals surface area contributed by atoms with Crippen LogP contribution in [-0.4, -0.2) is 28.0 Å². The van der Waals surface area contributed by atoms with Gasteiger partial charge in [0.1, 0.15) is 6.04 Å². The summed E-state index contributed by atoms with van der Waals surface area (Å²) in [5, 5.41) is 13.2. The summed E-state index contributed by atoms with van der Waals surface area (Å²) in [7, 11) is 0. The van der Waals surface area contributed by atoms with Crippen molar-refractivity contribution >= 4 is 34.4 Å². The van der Waals surface area contributed by atoms with E-state index in [0.29, 0.717) is 27.4 Å². The summed E-state index contributed by atoms with van der Waals surface area (Å²) in [4.78, 5) is 28.8. The van der Waals surface area contributed by atoms with Gasteiger partial charge in [-0.15, -0.1) is 0 Å². The zero-order chi connectivity index (χ0) is 16.8. The van der Waals surface area contributed by atoms with Gasteiger partial charge in [0.2, 0.25) is 0 Å². The van der Waals surface area contributed by atoms with Gasteiger partial charge in [-0.05, 0) is 55.9 Å². The lowest BCUT2D eigenvalue weighted by Gasteiger charge is -2.15. The molecule has 2 fully saturated rings. The molecule has 1 amide bonds. The highest BCUT2D eigenvalue weighted by atomic mass is 35.5. The molecule has 0 radical (unpaired) electrons. The summed E-state index contributed by atoms with van der Waals surface area (Å²) in [5.74, 6) is -0.920. The molecule has 0 bridgehead atoms. The lowest BCUT2D eigenvalue weighted by molar-refractivity contribution is -0.139.